The van der Waals surface area contributed by atoms with Gasteiger partial charge in [0.15, 0.2) is 0 Å². The third-order valence-electron chi connectivity index (χ3n) is 4.51. The molecule has 0 saturated heterocycles. The molecule has 0 bridgehead atoms. The number of imidazole rings is 1. The topological polar surface area (TPSA) is 82.7 Å². The van der Waals surface area contributed by atoms with E-state index in [2.05, 4.69) is 29.9 Å². The number of aromatic nitrogens is 6. The molecule has 3 aromatic rings. The largest absolute Gasteiger partial charge is 0.477 e. The average Bonchev–Trinajstić information content (AvgIpc) is 3.31. The quantitative estimate of drug-likeness (QED) is 0.716. The first kappa shape index (κ1) is 18.3. The van der Waals surface area contributed by atoms with E-state index in [4.69, 9.17) is 4.74 Å². The number of rotatable bonds is 5. The molecule has 28 heavy (non-hydrogen) atoms. The smallest absolute Gasteiger partial charge is 0.423 e. The van der Waals surface area contributed by atoms with Crippen molar-refractivity contribution in [3.8, 4) is 5.88 Å². The molecule has 1 atom stereocenters. The Labute approximate surface area is 158 Å². The van der Waals surface area contributed by atoms with Gasteiger partial charge in [0.05, 0.1) is 18.0 Å². The van der Waals surface area contributed by atoms with Gasteiger partial charge in [0.1, 0.15) is 17.4 Å². The van der Waals surface area contributed by atoms with Gasteiger partial charge < -0.3 is 14.6 Å². The summed E-state index contributed by atoms with van der Waals surface area (Å²) < 4.78 is 48.1. The Bertz CT molecular complexity index is 995. The van der Waals surface area contributed by atoms with Crippen LogP contribution in [0, 0.1) is 6.92 Å². The second-order valence-electron chi connectivity index (χ2n) is 6.36. The second kappa shape index (κ2) is 6.80. The van der Waals surface area contributed by atoms with Crippen LogP contribution in [0.3, 0.4) is 0 Å². The minimum Gasteiger partial charge on any atom is -0.477 e. The Morgan fingerprint density at radius 1 is 1.32 bits per heavy atom. The van der Waals surface area contributed by atoms with Crippen LogP contribution in [-0.4, -0.2) is 35.9 Å². The molecule has 0 amide bonds. The minimum atomic E-state index is -4.59. The van der Waals surface area contributed by atoms with Gasteiger partial charge in [-0.1, -0.05) is 0 Å². The minimum absolute atomic E-state index is 0.00650. The van der Waals surface area contributed by atoms with Gasteiger partial charge in [-0.05, 0) is 20.3 Å². The van der Waals surface area contributed by atoms with E-state index >= 15 is 0 Å². The van der Waals surface area contributed by atoms with E-state index in [1.165, 1.54) is 0 Å². The molecule has 0 fully saturated rings. The summed E-state index contributed by atoms with van der Waals surface area (Å²) in [6.45, 7) is 4.31. The van der Waals surface area contributed by atoms with E-state index in [1.54, 1.807) is 30.9 Å². The summed E-state index contributed by atoms with van der Waals surface area (Å²) in [4.78, 5) is 12.0. The summed E-state index contributed by atoms with van der Waals surface area (Å²) in [7, 11) is 0. The molecule has 1 aliphatic heterocycles. The highest BCUT2D eigenvalue weighted by molar-refractivity contribution is 5.55. The predicted octanol–water partition coefficient (Wildman–Crippen LogP) is 3.33. The van der Waals surface area contributed by atoms with E-state index in [0.29, 0.717) is 17.6 Å². The molecule has 0 unspecified atom stereocenters. The Balaban J connectivity index is 1.60. The molecule has 4 rings (SSSR count). The predicted molar refractivity (Wildman–Crippen MR) is 93.4 cm³/mol. The number of anilines is 2. The van der Waals surface area contributed by atoms with Gasteiger partial charge in [-0.25, -0.2) is 9.97 Å². The number of halogens is 3. The van der Waals surface area contributed by atoms with E-state index in [-0.39, 0.29) is 18.6 Å². The number of alkyl halides is 3. The van der Waals surface area contributed by atoms with Crippen LogP contribution in [0.5, 0.6) is 5.88 Å². The first-order chi connectivity index (χ1) is 13.4. The molecule has 0 radical (unpaired) electrons. The molecule has 1 aliphatic rings. The SMILES string of the molecule is CCOc1nc(Nc2cn([C@@H]3CCn4ccnc43)nc2C)ncc1C(F)(F)F. The fourth-order valence-corrected chi connectivity index (χ4v) is 3.20. The van der Waals surface area contributed by atoms with Crippen LogP contribution in [-0.2, 0) is 12.7 Å². The lowest BCUT2D eigenvalue weighted by molar-refractivity contribution is -0.139. The van der Waals surface area contributed by atoms with Crippen LogP contribution in [0.1, 0.15) is 36.5 Å². The fourth-order valence-electron chi connectivity index (χ4n) is 3.20. The zero-order valence-electron chi connectivity index (χ0n) is 15.2. The molecule has 1 N–H and O–H groups in total. The molecule has 0 spiro atoms. The van der Waals surface area contributed by atoms with Crippen molar-refractivity contribution in [1.29, 1.82) is 0 Å². The number of nitrogens with one attached hydrogen (secondary N) is 1. The molecule has 0 aromatic carbocycles. The van der Waals surface area contributed by atoms with Crippen LogP contribution in [0.15, 0.2) is 24.8 Å². The molecule has 4 heterocycles. The van der Waals surface area contributed by atoms with Gasteiger partial charge >= 0.3 is 6.18 Å². The third kappa shape index (κ3) is 3.27. The van der Waals surface area contributed by atoms with Gasteiger partial charge in [-0.15, -0.1) is 0 Å². The second-order valence-corrected chi connectivity index (χ2v) is 6.36. The van der Waals surface area contributed by atoms with E-state index in [0.717, 1.165) is 18.8 Å². The van der Waals surface area contributed by atoms with Gasteiger partial charge in [-0.2, -0.15) is 23.3 Å². The molecule has 3 aromatic heterocycles. The number of hydrogen-bond donors (Lipinski definition) is 1. The van der Waals surface area contributed by atoms with Gasteiger partial charge in [0.25, 0.3) is 0 Å². The molecule has 11 heteroatoms. The number of aryl methyl sites for hydroxylation is 2. The summed E-state index contributed by atoms with van der Waals surface area (Å²) in [6.07, 6.45) is 2.46. The van der Waals surface area contributed by atoms with Gasteiger partial charge in [-0.3, -0.25) is 4.68 Å². The van der Waals surface area contributed by atoms with E-state index in [9.17, 15) is 13.2 Å². The maximum atomic E-state index is 13.1. The van der Waals surface area contributed by atoms with E-state index in [1.807, 2.05) is 6.20 Å². The van der Waals surface area contributed by atoms with Crippen molar-refractivity contribution < 1.29 is 17.9 Å². The van der Waals surface area contributed by atoms with Crippen molar-refractivity contribution in [3.05, 3.63) is 41.9 Å². The molecule has 8 nitrogen and oxygen atoms in total. The van der Waals surface area contributed by atoms with Crippen LogP contribution < -0.4 is 10.1 Å². The number of fused-ring (bicyclic) bond motifs is 1. The normalized spacial score (nSPS) is 16.2. The lowest BCUT2D eigenvalue weighted by Crippen LogP contribution is -2.12. The number of ether oxygens (including phenoxy) is 1. The summed E-state index contributed by atoms with van der Waals surface area (Å²) in [6, 6.07) is 0.0109. The molecular formula is C17H18F3N7O. The zero-order chi connectivity index (χ0) is 19.9. The Kier molecular flexibility index (Phi) is 4.44. The molecular weight excluding hydrogens is 375 g/mol. The van der Waals surface area contributed by atoms with Crippen LogP contribution in [0.4, 0.5) is 24.8 Å². The number of nitrogens with zero attached hydrogens (tertiary/aromatic N) is 6. The Morgan fingerprint density at radius 2 is 2.14 bits per heavy atom. The fraction of sp³-hybridized carbons (Fsp3) is 0.412. The highest BCUT2D eigenvalue weighted by Crippen LogP contribution is 2.35. The summed E-state index contributed by atoms with van der Waals surface area (Å²) >= 11 is 0. The van der Waals surface area contributed by atoms with E-state index < -0.39 is 17.6 Å². The van der Waals surface area contributed by atoms with Crippen molar-refractivity contribution in [2.75, 3.05) is 11.9 Å². The Morgan fingerprint density at radius 3 is 2.89 bits per heavy atom. The Hall–Kier alpha value is -3.11. The maximum absolute atomic E-state index is 13.1. The van der Waals surface area contributed by atoms with Gasteiger partial charge in [0.2, 0.25) is 11.8 Å². The van der Waals surface area contributed by atoms with Crippen LogP contribution in [0.25, 0.3) is 0 Å². The average molecular weight is 393 g/mol. The standard InChI is InChI=1S/C17H18F3N7O/c1-3-28-15-11(17(18,19)20)8-22-16(24-15)23-12-9-27(25-10(12)2)13-4-6-26-7-5-21-14(13)26/h5,7-9,13H,3-4,6H2,1-2H3,(H,22,23,24)/t13-/m1/s1. The lowest BCUT2D eigenvalue weighted by atomic mass is 10.2. The van der Waals surface area contributed by atoms with Crippen molar-refractivity contribution in [1.82, 2.24) is 29.3 Å². The van der Waals surface area contributed by atoms with Crippen molar-refractivity contribution in [2.45, 2.75) is 39.0 Å². The first-order valence-corrected chi connectivity index (χ1v) is 8.77. The third-order valence-corrected chi connectivity index (χ3v) is 4.51. The highest BCUT2D eigenvalue weighted by atomic mass is 19.4. The maximum Gasteiger partial charge on any atom is 0.423 e. The summed E-state index contributed by atoms with van der Waals surface area (Å²) in [5.41, 5.74) is 0.267. The summed E-state index contributed by atoms with van der Waals surface area (Å²) in [5, 5.41) is 7.45. The lowest BCUT2D eigenvalue weighted by Gasteiger charge is -2.13. The van der Waals surface area contributed by atoms with Gasteiger partial charge in [0, 0.05) is 31.3 Å². The van der Waals surface area contributed by atoms with Crippen LogP contribution >= 0.6 is 0 Å². The summed E-state index contributed by atoms with van der Waals surface area (Å²) in [5.74, 6) is 0.431. The van der Waals surface area contributed by atoms with Crippen LogP contribution in [0.2, 0.25) is 0 Å². The molecule has 0 aliphatic carbocycles. The monoisotopic (exact) mass is 393 g/mol. The van der Waals surface area contributed by atoms with Crippen molar-refractivity contribution >= 4 is 11.6 Å². The van der Waals surface area contributed by atoms with Crippen molar-refractivity contribution in [2.24, 2.45) is 0 Å². The molecule has 0 saturated carbocycles. The zero-order valence-corrected chi connectivity index (χ0v) is 15.2. The van der Waals surface area contributed by atoms with Crippen molar-refractivity contribution in [3.63, 3.8) is 0 Å². The number of hydrogen-bond acceptors (Lipinski definition) is 6. The molecule has 148 valence electrons. The first-order valence-electron chi connectivity index (χ1n) is 8.77. The highest BCUT2D eigenvalue weighted by Gasteiger charge is 2.36.